The van der Waals surface area contributed by atoms with Gasteiger partial charge in [0.1, 0.15) is 0 Å². The van der Waals surface area contributed by atoms with Gasteiger partial charge in [0, 0.05) is 12.5 Å². The van der Waals surface area contributed by atoms with Gasteiger partial charge in [-0.15, -0.1) is 0 Å². The van der Waals surface area contributed by atoms with Crippen LogP contribution in [0.2, 0.25) is 0 Å². The molecule has 0 amide bonds. The molecule has 0 saturated heterocycles. The maximum absolute atomic E-state index is 5.94. The second-order valence-electron chi connectivity index (χ2n) is 5.21. The van der Waals surface area contributed by atoms with Crippen molar-refractivity contribution >= 4 is 15.9 Å². The topological polar surface area (TPSA) is 43.8 Å². The average Bonchev–Trinajstić information content (AvgIpc) is 2.70. The highest BCUT2D eigenvalue weighted by Crippen LogP contribution is 2.42. The molecule has 1 aromatic rings. The highest BCUT2D eigenvalue weighted by atomic mass is 79.9. The summed E-state index contributed by atoms with van der Waals surface area (Å²) in [5.41, 5.74) is 7.30. The SMILES string of the molecule is CCn1ncc(Br)c1C1CC(C)CCC1CN. The highest BCUT2D eigenvalue weighted by Gasteiger charge is 2.32. The van der Waals surface area contributed by atoms with Gasteiger partial charge in [-0.25, -0.2) is 0 Å². The molecule has 17 heavy (non-hydrogen) atoms. The Morgan fingerprint density at radius 2 is 2.29 bits per heavy atom. The van der Waals surface area contributed by atoms with Crippen LogP contribution >= 0.6 is 15.9 Å². The fourth-order valence-corrected chi connectivity index (χ4v) is 3.64. The summed E-state index contributed by atoms with van der Waals surface area (Å²) in [5, 5.41) is 4.43. The number of aryl methyl sites for hydroxylation is 1. The lowest BCUT2D eigenvalue weighted by molar-refractivity contribution is 0.243. The summed E-state index contributed by atoms with van der Waals surface area (Å²) in [6.45, 7) is 6.22. The Balaban J connectivity index is 2.31. The number of hydrogen-bond donors (Lipinski definition) is 1. The zero-order valence-corrected chi connectivity index (χ0v) is 12.3. The van der Waals surface area contributed by atoms with Crippen LogP contribution in [0.25, 0.3) is 0 Å². The van der Waals surface area contributed by atoms with E-state index in [1.807, 2.05) is 6.20 Å². The summed E-state index contributed by atoms with van der Waals surface area (Å²) in [4.78, 5) is 0. The maximum atomic E-state index is 5.94. The Kier molecular flexibility index (Phi) is 4.26. The molecule has 3 unspecified atom stereocenters. The van der Waals surface area contributed by atoms with Gasteiger partial charge in [-0.3, -0.25) is 4.68 Å². The second kappa shape index (κ2) is 5.53. The lowest BCUT2D eigenvalue weighted by Gasteiger charge is -2.34. The number of rotatable bonds is 3. The molecule has 3 atom stereocenters. The van der Waals surface area contributed by atoms with Crippen LogP contribution in [0.3, 0.4) is 0 Å². The number of nitrogens with zero attached hydrogens (tertiary/aromatic N) is 2. The number of hydrogen-bond acceptors (Lipinski definition) is 2. The van der Waals surface area contributed by atoms with Crippen molar-refractivity contribution in [1.82, 2.24) is 9.78 Å². The molecule has 1 aliphatic rings. The van der Waals surface area contributed by atoms with Crippen molar-refractivity contribution < 1.29 is 0 Å². The Hall–Kier alpha value is -0.350. The van der Waals surface area contributed by atoms with E-state index < -0.39 is 0 Å². The molecule has 0 bridgehead atoms. The van der Waals surface area contributed by atoms with Gasteiger partial charge in [-0.05, 0) is 54.1 Å². The molecular formula is C13H22BrN3. The summed E-state index contributed by atoms with van der Waals surface area (Å²) in [6.07, 6.45) is 5.73. The van der Waals surface area contributed by atoms with Gasteiger partial charge in [-0.1, -0.05) is 13.3 Å². The van der Waals surface area contributed by atoms with Crippen LogP contribution in [-0.2, 0) is 6.54 Å². The van der Waals surface area contributed by atoms with Crippen LogP contribution in [-0.4, -0.2) is 16.3 Å². The van der Waals surface area contributed by atoms with E-state index in [-0.39, 0.29) is 0 Å². The van der Waals surface area contributed by atoms with E-state index in [4.69, 9.17) is 5.73 Å². The van der Waals surface area contributed by atoms with Crippen LogP contribution in [0.1, 0.15) is 44.7 Å². The van der Waals surface area contributed by atoms with Crippen molar-refractivity contribution in [3.8, 4) is 0 Å². The Morgan fingerprint density at radius 1 is 1.53 bits per heavy atom. The lowest BCUT2D eigenvalue weighted by atomic mass is 9.73. The van der Waals surface area contributed by atoms with Crippen molar-refractivity contribution in [3.63, 3.8) is 0 Å². The van der Waals surface area contributed by atoms with Crippen molar-refractivity contribution in [1.29, 1.82) is 0 Å². The van der Waals surface area contributed by atoms with E-state index in [1.54, 1.807) is 0 Å². The van der Waals surface area contributed by atoms with E-state index in [9.17, 15) is 0 Å². The molecule has 4 heteroatoms. The van der Waals surface area contributed by atoms with Crippen LogP contribution in [0.5, 0.6) is 0 Å². The first-order valence-corrected chi connectivity index (χ1v) is 7.37. The third-order valence-corrected chi connectivity index (χ3v) is 4.65. The second-order valence-corrected chi connectivity index (χ2v) is 6.07. The third-order valence-electron chi connectivity index (χ3n) is 4.04. The van der Waals surface area contributed by atoms with Crippen LogP contribution in [0.4, 0.5) is 0 Å². The minimum Gasteiger partial charge on any atom is -0.330 e. The Bertz CT molecular complexity index is 375. The molecule has 0 radical (unpaired) electrons. The van der Waals surface area contributed by atoms with Gasteiger partial charge in [-0.2, -0.15) is 5.10 Å². The lowest BCUT2D eigenvalue weighted by Crippen LogP contribution is -2.30. The molecule has 1 aliphatic carbocycles. The fourth-order valence-electron chi connectivity index (χ4n) is 3.05. The number of nitrogens with two attached hydrogens (primary N) is 1. The van der Waals surface area contributed by atoms with Crippen LogP contribution < -0.4 is 5.73 Å². The Labute approximate surface area is 112 Å². The quantitative estimate of drug-likeness (QED) is 0.932. The summed E-state index contributed by atoms with van der Waals surface area (Å²) in [6, 6.07) is 0. The monoisotopic (exact) mass is 299 g/mol. The van der Waals surface area contributed by atoms with Crippen LogP contribution in [0, 0.1) is 11.8 Å². The molecule has 1 fully saturated rings. The molecule has 0 aliphatic heterocycles. The van der Waals surface area contributed by atoms with Crippen LogP contribution in [0.15, 0.2) is 10.7 Å². The largest absolute Gasteiger partial charge is 0.330 e. The van der Waals surface area contributed by atoms with Gasteiger partial charge >= 0.3 is 0 Å². The summed E-state index contributed by atoms with van der Waals surface area (Å²) >= 11 is 3.65. The molecule has 1 aromatic heterocycles. The van der Waals surface area contributed by atoms with E-state index in [0.717, 1.165) is 23.5 Å². The standard InChI is InChI=1S/C13H22BrN3/c1-3-17-13(12(14)8-16-17)11-6-9(2)4-5-10(11)7-15/h8-11H,3-7,15H2,1-2H3. The average molecular weight is 300 g/mol. The number of aromatic nitrogens is 2. The fraction of sp³-hybridized carbons (Fsp3) is 0.769. The smallest absolute Gasteiger partial charge is 0.0635 e. The minimum absolute atomic E-state index is 0.570. The van der Waals surface area contributed by atoms with Crippen molar-refractivity contribution in [3.05, 3.63) is 16.4 Å². The number of halogens is 1. The molecule has 1 heterocycles. The molecule has 96 valence electrons. The Morgan fingerprint density at radius 3 is 2.94 bits per heavy atom. The van der Waals surface area contributed by atoms with Crippen molar-refractivity contribution in [2.24, 2.45) is 17.6 Å². The molecule has 2 rings (SSSR count). The van der Waals surface area contributed by atoms with Gasteiger partial charge in [0.25, 0.3) is 0 Å². The van der Waals surface area contributed by atoms with E-state index in [1.165, 1.54) is 25.0 Å². The predicted octanol–water partition coefficient (Wildman–Crippen LogP) is 3.14. The normalized spacial score (nSPS) is 29.5. The first-order chi connectivity index (χ1) is 8.17. The minimum atomic E-state index is 0.570. The van der Waals surface area contributed by atoms with Crippen molar-refractivity contribution in [2.75, 3.05) is 6.54 Å². The predicted molar refractivity (Wildman–Crippen MR) is 73.9 cm³/mol. The summed E-state index contributed by atoms with van der Waals surface area (Å²) in [5.74, 6) is 1.99. The molecular weight excluding hydrogens is 278 g/mol. The molecule has 1 saturated carbocycles. The molecule has 3 nitrogen and oxygen atoms in total. The maximum Gasteiger partial charge on any atom is 0.0635 e. The first-order valence-electron chi connectivity index (χ1n) is 6.58. The first kappa shape index (κ1) is 13.1. The summed E-state index contributed by atoms with van der Waals surface area (Å²) < 4.78 is 3.27. The summed E-state index contributed by atoms with van der Waals surface area (Å²) in [7, 11) is 0. The zero-order valence-electron chi connectivity index (χ0n) is 10.7. The highest BCUT2D eigenvalue weighted by molar-refractivity contribution is 9.10. The van der Waals surface area contributed by atoms with Gasteiger partial charge in [0.15, 0.2) is 0 Å². The van der Waals surface area contributed by atoms with Gasteiger partial charge < -0.3 is 5.73 Å². The third kappa shape index (κ3) is 2.58. The zero-order chi connectivity index (χ0) is 12.4. The van der Waals surface area contributed by atoms with Gasteiger partial charge in [0.2, 0.25) is 0 Å². The van der Waals surface area contributed by atoms with E-state index in [0.29, 0.717) is 11.8 Å². The van der Waals surface area contributed by atoms with E-state index in [2.05, 4.69) is 39.6 Å². The van der Waals surface area contributed by atoms with E-state index >= 15 is 0 Å². The molecule has 2 N–H and O–H groups in total. The van der Waals surface area contributed by atoms with Gasteiger partial charge in [0.05, 0.1) is 16.4 Å². The molecule has 0 spiro atoms. The van der Waals surface area contributed by atoms with Crippen molar-refractivity contribution in [2.45, 2.75) is 45.6 Å². The molecule has 0 aromatic carbocycles.